The van der Waals surface area contributed by atoms with E-state index in [1.165, 1.54) is 4.82 Å². The Morgan fingerprint density at radius 3 is 1.00 bits per heavy atom. The van der Waals surface area contributed by atoms with Crippen LogP contribution in [-0.4, -0.2) is 4.82 Å². The van der Waals surface area contributed by atoms with Crippen molar-refractivity contribution in [3.05, 3.63) is 50.6 Å². The van der Waals surface area contributed by atoms with E-state index in [9.17, 15) is 0 Å². The van der Waals surface area contributed by atoms with Gasteiger partial charge in [-0.2, -0.15) is 0 Å². The Labute approximate surface area is 76.0 Å². The van der Waals surface area contributed by atoms with Crippen LogP contribution in [0.2, 0.25) is 0 Å². The third kappa shape index (κ3) is 410. The molecule has 2 heteroatoms. The molecule has 0 aliphatic heterocycles. The first-order chi connectivity index (χ1) is 5.24. The first-order valence-corrected chi connectivity index (χ1v) is 3.19. The zero-order valence-corrected chi connectivity index (χ0v) is 7.42. The normalized spacial score (nSPS) is 4.45. The van der Waals surface area contributed by atoms with Crippen molar-refractivity contribution in [1.29, 1.82) is 0 Å². The second-order valence-corrected chi connectivity index (χ2v) is 1.22. The molecule has 0 heterocycles. The van der Waals surface area contributed by atoms with E-state index >= 15 is 0 Å². The second-order valence-electron chi connectivity index (χ2n) is 1.01. The van der Waals surface area contributed by atoms with Gasteiger partial charge in [-0.05, 0) is 0 Å². The fourth-order valence-electron chi connectivity index (χ4n) is 0. The van der Waals surface area contributed by atoms with Gasteiger partial charge in [0.15, 0.2) is 0 Å². The monoisotopic (exact) mass is 195 g/mol. The van der Waals surface area contributed by atoms with Crippen LogP contribution in [0.4, 0.5) is 0 Å². The Bertz CT molecular complexity index is 118. The molecule has 0 spiro atoms. The third-order valence-electron chi connectivity index (χ3n) is 0.333. The van der Waals surface area contributed by atoms with Gasteiger partial charge in [-0.1, -0.05) is 50.6 Å². The molecule has 63 valence electrons. The van der Waals surface area contributed by atoms with E-state index in [4.69, 9.17) is 4.79 Å². The van der Waals surface area contributed by atoms with Crippen LogP contribution in [0.1, 0.15) is 0 Å². The molecule has 0 amide bonds. The van der Waals surface area contributed by atoms with Crippen LogP contribution in [-0.2, 0) is 20.1 Å². The molecular formula is C9H12CoO. The number of hydrogen-bond donors (Lipinski definition) is 0. The molecule has 0 aliphatic rings. The molecule has 0 saturated carbocycles. The van der Waals surface area contributed by atoms with E-state index < -0.39 is 0 Å². The molecule has 0 aromatic rings. The zero-order valence-electron chi connectivity index (χ0n) is 6.38. The maximum absolute atomic E-state index is 8.54. The van der Waals surface area contributed by atoms with E-state index in [-0.39, 0.29) is 0 Å². The molecule has 0 aromatic heterocycles. The fourth-order valence-corrected chi connectivity index (χ4v) is 0. The molecule has 0 fully saturated rings. The van der Waals surface area contributed by atoms with Gasteiger partial charge in [-0.15, -0.1) is 0 Å². The maximum atomic E-state index is 8.54. The predicted octanol–water partition coefficient (Wildman–Crippen LogP) is 2.32. The average molecular weight is 195 g/mol. The minimum absolute atomic E-state index is 1.19. The van der Waals surface area contributed by atoms with E-state index in [0.29, 0.717) is 0 Å². The first-order valence-electron chi connectivity index (χ1n) is 2.67. The van der Waals surface area contributed by atoms with E-state index in [1.807, 2.05) is 0 Å². The number of hydrogen-bond acceptors (Lipinski definition) is 1. The van der Waals surface area contributed by atoms with Gasteiger partial charge in [0.25, 0.3) is 0 Å². The van der Waals surface area contributed by atoms with E-state index in [1.54, 1.807) is 24.3 Å². The second kappa shape index (κ2) is 35.8. The summed E-state index contributed by atoms with van der Waals surface area (Å²) >= 11 is 3.02. The molecule has 0 aromatic carbocycles. The Balaban J connectivity index is -0.0000000886. The molecule has 0 N–H and O–H groups in total. The first kappa shape index (κ1) is 16.6. The molecule has 0 radical (unpaired) electrons. The van der Waals surface area contributed by atoms with Crippen molar-refractivity contribution in [2.75, 3.05) is 0 Å². The van der Waals surface area contributed by atoms with Gasteiger partial charge < -0.3 is 0 Å². The van der Waals surface area contributed by atoms with Crippen molar-refractivity contribution in [1.82, 2.24) is 0 Å². The van der Waals surface area contributed by atoms with Gasteiger partial charge in [0.2, 0.25) is 0 Å². The summed E-state index contributed by atoms with van der Waals surface area (Å²) in [6.07, 6.45) is 6.56. The van der Waals surface area contributed by atoms with Crippen LogP contribution in [0.5, 0.6) is 0 Å². The Kier molecular flexibility index (Phi) is 53.8. The quantitative estimate of drug-likeness (QED) is 0.618. The van der Waals surface area contributed by atoms with Gasteiger partial charge in [0, 0.05) is 0 Å². The van der Waals surface area contributed by atoms with Crippen molar-refractivity contribution >= 4 is 4.82 Å². The summed E-state index contributed by atoms with van der Waals surface area (Å²) in [5.41, 5.74) is 0. The van der Waals surface area contributed by atoms with E-state index in [2.05, 4.69) is 41.6 Å². The summed E-state index contributed by atoms with van der Waals surface area (Å²) in [6, 6.07) is 0. The topological polar surface area (TPSA) is 17.1 Å². The number of rotatable bonds is 2. The fraction of sp³-hybridized carbons (Fsp3) is 0. The Hall–Kier alpha value is -0.954. The molecule has 0 rings (SSSR count). The van der Waals surface area contributed by atoms with Gasteiger partial charge in [0.05, 0.1) is 0 Å². The van der Waals surface area contributed by atoms with Crippen LogP contribution in [0.3, 0.4) is 0 Å². The van der Waals surface area contributed by atoms with Crippen LogP contribution in [0.25, 0.3) is 0 Å². The van der Waals surface area contributed by atoms with E-state index in [0.717, 1.165) is 0 Å². The zero-order chi connectivity index (χ0) is 9.54. The Morgan fingerprint density at radius 1 is 0.909 bits per heavy atom. The molecule has 0 unspecified atom stereocenters. The summed E-state index contributed by atoms with van der Waals surface area (Å²) in [5, 5.41) is 0. The molecule has 0 aliphatic carbocycles. The molecule has 11 heavy (non-hydrogen) atoms. The van der Waals surface area contributed by atoms with Crippen molar-refractivity contribution in [3.63, 3.8) is 0 Å². The van der Waals surface area contributed by atoms with Crippen LogP contribution >= 0.6 is 0 Å². The van der Waals surface area contributed by atoms with Crippen LogP contribution < -0.4 is 0 Å². The van der Waals surface area contributed by atoms with Crippen LogP contribution in [0.15, 0.2) is 50.6 Å². The number of allylic oxidation sites excluding steroid dienone is 4. The van der Waals surface area contributed by atoms with Crippen LogP contribution in [0, 0.1) is 0 Å². The van der Waals surface area contributed by atoms with Crippen molar-refractivity contribution in [2.24, 2.45) is 0 Å². The summed E-state index contributed by atoms with van der Waals surface area (Å²) < 4.78 is 0. The molecule has 0 bridgehead atoms. The van der Waals surface area contributed by atoms with Gasteiger partial charge >= 0.3 is 24.9 Å². The van der Waals surface area contributed by atoms with Crippen molar-refractivity contribution in [2.45, 2.75) is 0 Å². The summed E-state index contributed by atoms with van der Waals surface area (Å²) in [7, 11) is 0. The summed E-state index contributed by atoms with van der Waals surface area (Å²) in [5.74, 6) is 0. The van der Waals surface area contributed by atoms with Crippen molar-refractivity contribution in [3.8, 4) is 0 Å². The third-order valence-corrected chi connectivity index (χ3v) is 0.333. The number of carbonyl (C=O) groups excluding carboxylic acids is 1. The van der Waals surface area contributed by atoms with Crippen molar-refractivity contribution < 1.29 is 20.1 Å². The minimum atomic E-state index is 1.19. The molecule has 1 nitrogen and oxygen atoms in total. The summed E-state index contributed by atoms with van der Waals surface area (Å²) in [6.45, 7) is 13.4. The van der Waals surface area contributed by atoms with Gasteiger partial charge in [-0.3, -0.25) is 0 Å². The van der Waals surface area contributed by atoms with Gasteiger partial charge in [-0.25, -0.2) is 0 Å². The Morgan fingerprint density at radius 2 is 1.00 bits per heavy atom. The average Bonchev–Trinajstić information content (AvgIpc) is 2.06. The van der Waals surface area contributed by atoms with Gasteiger partial charge in [0.1, 0.15) is 0 Å². The molecule has 0 saturated heterocycles. The standard InChI is InChI=1S/2C4H6.CO.Co/c2*1-3-4-2;1-2;/h2*3-4H,1-2H2;;. The molecule has 0 atom stereocenters. The predicted molar refractivity (Wildman–Crippen MR) is 46.5 cm³/mol. The SMILES string of the molecule is C=CC=C.C=CC=C.O=[C]=[Co]. The molecular weight excluding hydrogens is 183 g/mol. The summed E-state index contributed by atoms with van der Waals surface area (Å²) in [4.78, 5) is 9.73.